The zero-order valence-electron chi connectivity index (χ0n) is 12.7. The maximum atomic E-state index is 12.9. The molecule has 0 unspecified atom stereocenters. The van der Waals surface area contributed by atoms with Gasteiger partial charge in [-0.25, -0.2) is 4.79 Å². The third kappa shape index (κ3) is 1.76. The molecule has 4 heteroatoms. The minimum atomic E-state index is -0.463. The van der Waals surface area contributed by atoms with Crippen molar-refractivity contribution in [2.75, 3.05) is 6.61 Å². The number of fused-ring (bicyclic) bond motifs is 3. The molecule has 3 heterocycles. The van der Waals surface area contributed by atoms with Crippen LogP contribution in [0, 0.1) is 0 Å². The molecule has 0 radical (unpaired) electrons. The Morgan fingerprint density at radius 2 is 1.95 bits per heavy atom. The molecule has 0 saturated heterocycles. The molecule has 1 aromatic carbocycles. The van der Waals surface area contributed by atoms with Gasteiger partial charge in [-0.15, -0.1) is 0 Å². The first kappa shape index (κ1) is 13.6. The highest BCUT2D eigenvalue weighted by Crippen LogP contribution is 2.47. The van der Waals surface area contributed by atoms with E-state index >= 15 is 0 Å². The second-order valence-electron chi connectivity index (χ2n) is 6.20. The monoisotopic (exact) mass is 297 g/mol. The SMILES string of the molecule is CCOC(=O)c1c2n(c3ccccc3c1=O)C1CCC2CC1. The molecule has 4 nitrogen and oxygen atoms in total. The molecule has 1 aliphatic carbocycles. The highest BCUT2D eigenvalue weighted by molar-refractivity contribution is 5.95. The molecule has 5 rings (SSSR count). The molecule has 22 heavy (non-hydrogen) atoms. The van der Waals surface area contributed by atoms with Crippen molar-refractivity contribution < 1.29 is 9.53 Å². The molecule has 0 spiro atoms. The van der Waals surface area contributed by atoms with Crippen LogP contribution in [-0.4, -0.2) is 17.1 Å². The number of carbonyl (C=O) groups excluding carboxylic acids is 1. The van der Waals surface area contributed by atoms with Crippen LogP contribution in [0.15, 0.2) is 29.1 Å². The number of para-hydroxylation sites is 1. The van der Waals surface area contributed by atoms with E-state index in [2.05, 4.69) is 4.57 Å². The minimum Gasteiger partial charge on any atom is -0.462 e. The lowest BCUT2D eigenvalue weighted by atomic mass is 9.77. The summed E-state index contributed by atoms with van der Waals surface area (Å²) in [4.78, 5) is 25.3. The Hall–Kier alpha value is -2.10. The van der Waals surface area contributed by atoms with Crippen molar-refractivity contribution in [1.82, 2.24) is 4.57 Å². The summed E-state index contributed by atoms with van der Waals surface area (Å²) >= 11 is 0. The van der Waals surface area contributed by atoms with E-state index < -0.39 is 5.97 Å². The molecule has 2 aliphatic heterocycles. The van der Waals surface area contributed by atoms with E-state index in [0.29, 0.717) is 24.0 Å². The zero-order valence-corrected chi connectivity index (χ0v) is 12.7. The second-order valence-corrected chi connectivity index (χ2v) is 6.20. The van der Waals surface area contributed by atoms with Gasteiger partial charge < -0.3 is 9.30 Å². The quantitative estimate of drug-likeness (QED) is 0.798. The van der Waals surface area contributed by atoms with Gasteiger partial charge in [0.05, 0.1) is 12.1 Å². The number of rotatable bonds is 2. The van der Waals surface area contributed by atoms with Crippen molar-refractivity contribution in [2.45, 2.75) is 44.6 Å². The molecule has 1 fully saturated rings. The summed E-state index contributed by atoms with van der Waals surface area (Å²) in [7, 11) is 0. The van der Waals surface area contributed by atoms with E-state index in [1.165, 1.54) is 0 Å². The smallest absolute Gasteiger partial charge is 0.343 e. The van der Waals surface area contributed by atoms with Gasteiger partial charge in [0.25, 0.3) is 0 Å². The molecular formula is C18H19NO3. The van der Waals surface area contributed by atoms with Gasteiger partial charge in [-0.2, -0.15) is 0 Å². The van der Waals surface area contributed by atoms with Gasteiger partial charge in [0, 0.05) is 23.0 Å². The fourth-order valence-electron chi connectivity index (χ4n) is 4.18. The summed E-state index contributed by atoms with van der Waals surface area (Å²) in [6.45, 7) is 2.06. The third-order valence-corrected chi connectivity index (χ3v) is 5.08. The molecule has 1 saturated carbocycles. The van der Waals surface area contributed by atoms with E-state index in [0.717, 1.165) is 36.9 Å². The van der Waals surface area contributed by atoms with Crippen molar-refractivity contribution in [3.8, 4) is 0 Å². The van der Waals surface area contributed by atoms with Crippen molar-refractivity contribution in [2.24, 2.45) is 0 Å². The van der Waals surface area contributed by atoms with Crippen LogP contribution in [0.1, 0.15) is 60.6 Å². The molecule has 1 aromatic heterocycles. The average molecular weight is 297 g/mol. The van der Waals surface area contributed by atoms with Crippen molar-refractivity contribution in [3.63, 3.8) is 0 Å². The van der Waals surface area contributed by atoms with Crippen molar-refractivity contribution in [3.05, 3.63) is 45.7 Å². The van der Waals surface area contributed by atoms with Crippen LogP contribution in [0.5, 0.6) is 0 Å². The molecule has 3 aliphatic rings. The standard InChI is InChI=1S/C18H19NO3/c1-2-22-18(21)15-16-11-7-9-12(10-8-11)19(16)14-6-4-3-5-13(14)17(15)20/h3-6,11-12H,2,7-10H2,1H3. The molecule has 0 amide bonds. The van der Waals surface area contributed by atoms with Crippen molar-refractivity contribution in [1.29, 1.82) is 0 Å². The highest BCUT2D eigenvalue weighted by atomic mass is 16.5. The molecule has 0 atom stereocenters. The first-order valence-corrected chi connectivity index (χ1v) is 8.06. The number of benzene rings is 1. The normalized spacial score (nSPS) is 22.6. The number of esters is 1. The number of aromatic nitrogens is 1. The predicted octanol–water partition coefficient (Wildman–Crippen LogP) is 3.39. The van der Waals surface area contributed by atoms with Gasteiger partial charge in [0.15, 0.2) is 0 Å². The Balaban J connectivity index is 2.11. The lowest BCUT2D eigenvalue weighted by Crippen LogP contribution is -2.35. The lowest BCUT2D eigenvalue weighted by Gasteiger charge is -2.41. The number of carbonyl (C=O) groups is 1. The minimum absolute atomic E-state index is 0.173. The van der Waals surface area contributed by atoms with Crippen LogP contribution in [0.2, 0.25) is 0 Å². The van der Waals surface area contributed by atoms with Crippen LogP contribution >= 0.6 is 0 Å². The van der Waals surface area contributed by atoms with Gasteiger partial charge >= 0.3 is 5.97 Å². The Morgan fingerprint density at radius 1 is 1.23 bits per heavy atom. The molecule has 114 valence electrons. The average Bonchev–Trinajstić information content (AvgIpc) is 2.56. The molecular weight excluding hydrogens is 278 g/mol. The first-order chi connectivity index (χ1) is 10.7. The highest BCUT2D eigenvalue weighted by Gasteiger charge is 2.38. The summed E-state index contributed by atoms with van der Waals surface area (Å²) in [6.07, 6.45) is 4.39. The molecule has 0 N–H and O–H groups in total. The number of ether oxygens (including phenoxy) is 1. The maximum absolute atomic E-state index is 12.9. The van der Waals surface area contributed by atoms with Crippen LogP contribution < -0.4 is 5.43 Å². The number of hydrogen-bond acceptors (Lipinski definition) is 3. The first-order valence-electron chi connectivity index (χ1n) is 8.06. The van der Waals surface area contributed by atoms with Crippen molar-refractivity contribution >= 4 is 16.9 Å². The van der Waals surface area contributed by atoms with E-state index in [9.17, 15) is 9.59 Å². The largest absolute Gasteiger partial charge is 0.462 e. The van der Waals surface area contributed by atoms with Gasteiger partial charge in [-0.1, -0.05) is 12.1 Å². The van der Waals surface area contributed by atoms with E-state index in [-0.39, 0.29) is 11.0 Å². The van der Waals surface area contributed by atoms with Gasteiger partial charge in [0.1, 0.15) is 5.56 Å². The van der Waals surface area contributed by atoms with Crippen LogP contribution in [0.25, 0.3) is 10.9 Å². The summed E-state index contributed by atoms with van der Waals surface area (Å²) in [5, 5.41) is 0.627. The fraction of sp³-hybridized carbons (Fsp3) is 0.444. The van der Waals surface area contributed by atoms with Crippen LogP contribution in [0.4, 0.5) is 0 Å². The topological polar surface area (TPSA) is 48.3 Å². The Bertz CT molecular complexity index is 813. The second kappa shape index (κ2) is 4.97. The van der Waals surface area contributed by atoms with Gasteiger partial charge in [0.2, 0.25) is 5.43 Å². The van der Waals surface area contributed by atoms with Crippen LogP contribution in [-0.2, 0) is 4.74 Å². The number of pyridine rings is 1. The number of hydrogen-bond donors (Lipinski definition) is 0. The lowest BCUT2D eigenvalue weighted by molar-refractivity contribution is 0.0519. The fourth-order valence-corrected chi connectivity index (χ4v) is 4.18. The Morgan fingerprint density at radius 3 is 2.68 bits per heavy atom. The van der Waals surface area contributed by atoms with Gasteiger partial charge in [-0.3, -0.25) is 4.79 Å². The molecule has 2 aromatic rings. The Labute approximate surface area is 128 Å². The van der Waals surface area contributed by atoms with Crippen LogP contribution in [0.3, 0.4) is 0 Å². The third-order valence-electron chi connectivity index (χ3n) is 5.08. The zero-order chi connectivity index (χ0) is 15.3. The number of nitrogens with zero attached hydrogens (tertiary/aromatic N) is 1. The summed E-state index contributed by atoms with van der Waals surface area (Å²) in [5.41, 5.74) is 1.98. The van der Waals surface area contributed by atoms with E-state index in [4.69, 9.17) is 4.74 Å². The maximum Gasteiger partial charge on any atom is 0.343 e. The molecule has 2 bridgehead atoms. The Kier molecular flexibility index (Phi) is 3.06. The summed E-state index contributed by atoms with van der Waals surface area (Å²) in [5.74, 6) is -0.156. The summed E-state index contributed by atoms with van der Waals surface area (Å²) < 4.78 is 7.43. The van der Waals surface area contributed by atoms with E-state index in [1.54, 1.807) is 6.92 Å². The predicted molar refractivity (Wildman–Crippen MR) is 84.4 cm³/mol. The van der Waals surface area contributed by atoms with Gasteiger partial charge in [-0.05, 0) is 44.7 Å². The van der Waals surface area contributed by atoms with E-state index in [1.807, 2.05) is 24.3 Å². The summed E-state index contributed by atoms with van der Waals surface area (Å²) in [6, 6.07) is 8.03.